The van der Waals surface area contributed by atoms with E-state index in [1.165, 1.54) is 43.6 Å². The SMILES string of the molecule is CCCCCCSSCCC. The molecule has 0 spiro atoms. The Hall–Kier alpha value is 0.700. The van der Waals surface area contributed by atoms with Crippen LogP contribution in [-0.2, 0) is 0 Å². The average molecular weight is 192 g/mol. The molecule has 11 heavy (non-hydrogen) atoms. The summed E-state index contributed by atoms with van der Waals surface area (Å²) in [7, 11) is 4.07. The highest BCUT2D eigenvalue weighted by molar-refractivity contribution is 8.76. The number of hydrogen-bond acceptors (Lipinski definition) is 2. The molecule has 2 heteroatoms. The van der Waals surface area contributed by atoms with Crippen molar-refractivity contribution in [3.8, 4) is 0 Å². The molecule has 0 atom stereocenters. The molecule has 0 radical (unpaired) electrons. The van der Waals surface area contributed by atoms with Crippen LogP contribution in [0.15, 0.2) is 0 Å². The second-order valence-electron chi connectivity index (χ2n) is 2.70. The van der Waals surface area contributed by atoms with Gasteiger partial charge in [-0.3, -0.25) is 0 Å². The molecule has 0 aromatic carbocycles. The fraction of sp³-hybridized carbons (Fsp3) is 1.00. The van der Waals surface area contributed by atoms with Gasteiger partial charge in [0.1, 0.15) is 0 Å². The lowest BCUT2D eigenvalue weighted by molar-refractivity contribution is 0.707. The fourth-order valence-corrected chi connectivity index (χ4v) is 3.07. The van der Waals surface area contributed by atoms with Crippen molar-refractivity contribution in [3.05, 3.63) is 0 Å². The van der Waals surface area contributed by atoms with Crippen molar-refractivity contribution < 1.29 is 0 Å². The van der Waals surface area contributed by atoms with Crippen LogP contribution in [0.1, 0.15) is 46.0 Å². The van der Waals surface area contributed by atoms with Gasteiger partial charge >= 0.3 is 0 Å². The standard InChI is InChI=1S/C9H20S2/c1-3-5-6-7-9-11-10-8-4-2/h3-9H2,1-2H3. The Labute approximate surface area is 79.3 Å². The summed E-state index contributed by atoms with van der Waals surface area (Å²) in [5, 5.41) is 0. The van der Waals surface area contributed by atoms with Gasteiger partial charge in [-0.1, -0.05) is 54.7 Å². The molecule has 0 bridgehead atoms. The van der Waals surface area contributed by atoms with Gasteiger partial charge < -0.3 is 0 Å². The molecule has 0 fully saturated rings. The van der Waals surface area contributed by atoms with Crippen molar-refractivity contribution in [1.29, 1.82) is 0 Å². The van der Waals surface area contributed by atoms with Crippen LogP contribution in [0.2, 0.25) is 0 Å². The first kappa shape index (κ1) is 11.7. The quantitative estimate of drug-likeness (QED) is 0.414. The van der Waals surface area contributed by atoms with Gasteiger partial charge in [0.05, 0.1) is 0 Å². The molecular formula is C9H20S2. The summed E-state index contributed by atoms with van der Waals surface area (Å²) in [5.41, 5.74) is 0. The summed E-state index contributed by atoms with van der Waals surface area (Å²) in [6.45, 7) is 4.50. The molecule has 0 aliphatic rings. The van der Waals surface area contributed by atoms with E-state index in [1.807, 2.05) is 21.6 Å². The first-order valence-corrected chi connectivity index (χ1v) is 7.15. The highest BCUT2D eigenvalue weighted by Crippen LogP contribution is 2.23. The summed E-state index contributed by atoms with van der Waals surface area (Å²) in [6, 6.07) is 0. The van der Waals surface area contributed by atoms with E-state index in [9.17, 15) is 0 Å². The van der Waals surface area contributed by atoms with E-state index in [0.29, 0.717) is 0 Å². The van der Waals surface area contributed by atoms with Crippen molar-refractivity contribution in [1.82, 2.24) is 0 Å². The van der Waals surface area contributed by atoms with E-state index >= 15 is 0 Å². The van der Waals surface area contributed by atoms with Crippen molar-refractivity contribution in [2.24, 2.45) is 0 Å². The second-order valence-corrected chi connectivity index (χ2v) is 5.41. The van der Waals surface area contributed by atoms with Crippen LogP contribution in [0.4, 0.5) is 0 Å². The number of unbranched alkanes of at least 4 members (excludes halogenated alkanes) is 3. The van der Waals surface area contributed by atoms with E-state index < -0.39 is 0 Å². The van der Waals surface area contributed by atoms with Crippen LogP contribution < -0.4 is 0 Å². The number of rotatable bonds is 8. The summed E-state index contributed by atoms with van der Waals surface area (Å²) in [4.78, 5) is 0. The minimum Gasteiger partial charge on any atom is -0.0942 e. The average Bonchev–Trinajstić information content (AvgIpc) is 2.03. The Balaban J connectivity index is 2.69. The van der Waals surface area contributed by atoms with Gasteiger partial charge in [0.2, 0.25) is 0 Å². The maximum absolute atomic E-state index is 2.26. The number of hydrogen-bond donors (Lipinski definition) is 0. The van der Waals surface area contributed by atoms with Crippen LogP contribution in [0.3, 0.4) is 0 Å². The zero-order valence-corrected chi connectivity index (χ0v) is 9.40. The Morgan fingerprint density at radius 2 is 1.45 bits per heavy atom. The summed E-state index contributed by atoms with van der Waals surface area (Å²) >= 11 is 0. The highest BCUT2D eigenvalue weighted by Gasteiger charge is 1.89. The first-order valence-electron chi connectivity index (χ1n) is 4.66. The van der Waals surface area contributed by atoms with Crippen LogP contribution >= 0.6 is 21.6 Å². The van der Waals surface area contributed by atoms with Crippen LogP contribution in [0, 0.1) is 0 Å². The van der Waals surface area contributed by atoms with E-state index in [4.69, 9.17) is 0 Å². The van der Waals surface area contributed by atoms with Gasteiger partial charge in [0.25, 0.3) is 0 Å². The Morgan fingerprint density at radius 3 is 2.09 bits per heavy atom. The molecular weight excluding hydrogens is 172 g/mol. The first-order chi connectivity index (χ1) is 5.41. The Morgan fingerprint density at radius 1 is 0.727 bits per heavy atom. The van der Waals surface area contributed by atoms with Crippen molar-refractivity contribution in [2.75, 3.05) is 11.5 Å². The van der Waals surface area contributed by atoms with Crippen LogP contribution in [0.5, 0.6) is 0 Å². The molecule has 0 aromatic rings. The zero-order valence-electron chi connectivity index (χ0n) is 7.77. The monoisotopic (exact) mass is 192 g/mol. The topological polar surface area (TPSA) is 0 Å². The largest absolute Gasteiger partial charge is 0.0942 e. The molecule has 0 saturated heterocycles. The zero-order chi connectivity index (χ0) is 8.36. The van der Waals surface area contributed by atoms with Gasteiger partial charge in [0.15, 0.2) is 0 Å². The van der Waals surface area contributed by atoms with Crippen molar-refractivity contribution in [3.63, 3.8) is 0 Å². The predicted octanol–water partition coefficient (Wildman–Crippen LogP) is 4.36. The summed E-state index contributed by atoms with van der Waals surface area (Å²) in [5.74, 6) is 2.67. The van der Waals surface area contributed by atoms with Crippen LogP contribution in [-0.4, -0.2) is 11.5 Å². The highest BCUT2D eigenvalue weighted by atomic mass is 33.1. The Bertz CT molecular complexity index is 56.6. The van der Waals surface area contributed by atoms with Gasteiger partial charge in [-0.2, -0.15) is 0 Å². The molecule has 0 amide bonds. The minimum absolute atomic E-state index is 1.31. The summed E-state index contributed by atoms with van der Waals surface area (Å²) in [6.07, 6.45) is 6.92. The van der Waals surface area contributed by atoms with Crippen molar-refractivity contribution in [2.45, 2.75) is 46.0 Å². The summed E-state index contributed by atoms with van der Waals surface area (Å²) < 4.78 is 0. The van der Waals surface area contributed by atoms with Gasteiger partial charge in [-0.05, 0) is 12.8 Å². The second kappa shape index (κ2) is 10.7. The van der Waals surface area contributed by atoms with Gasteiger partial charge in [0, 0.05) is 11.5 Å². The third-order valence-corrected chi connectivity index (χ3v) is 4.15. The fourth-order valence-electron chi connectivity index (χ4n) is 0.789. The van der Waals surface area contributed by atoms with E-state index in [0.717, 1.165) is 0 Å². The lowest BCUT2D eigenvalue weighted by Gasteiger charge is -1.98. The molecule has 0 nitrogen and oxygen atoms in total. The smallest absolute Gasteiger partial charge is 0.00369 e. The van der Waals surface area contributed by atoms with E-state index in [1.54, 1.807) is 0 Å². The molecule has 0 aromatic heterocycles. The molecule has 0 unspecified atom stereocenters. The lowest BCUT2D eigenvalue weighted by atomic mass is 10.2. The normalized spacial score (nSPS) is 10.4. The molecule has 0 rings (SSSR count). The molecule has 0 N–H and O–H groups in total. The molecule has 0 aliphatic heterocycles. The third kappa shape index (κ3) is 10.7. The van der Waals surface area contributed by atoms with Gasteiger partial charge in [-0.25, -0.2) is 0 Å². The van der Waals surface area contributed by atoms with Crippen LogP contribution in [0.25, 0.3) is 0 Å². The molecule has 0 aliphatic carbocycles. The van der Waals surface area contributed by atoms with E-state index in [-0.39, 0.29) is 0 Å². The predicted molar refractivity (Wildman–Crippen MR) is 59.3 cm³/mol. The van der Waals surface area contributed by atoms with Crippen molar-refractivity contribution >= 4 is 21.6 Å². The third-order valence-electron chi connectivity index (χ3n) is 1.45. The van der Waals surface area contributed by atoms with E-state index in [2.05, 4.69) is 13.8 Å². The maximum Gasteiger partial charge on any atom is 0.00369 e. The molecule has 0 saturated carbocycles. The Kier molecular flexibility index (Phi) is 11.4. The van der Waals surface area contributed by atoms with Gasteiger partial charge in [-0.15, -0.1) is 0 Å². The maximum atomic E-state index is 2.26. The minimum atomic E-state index is 1.31. The molecule has 68 valence electrons. The molecule has 0 heterocycles. The lowest BCUT2D eigenvalue weighted by Crippen LogP contribution is -1.78.